The van der Waals surface area contributed by atoms with Crippen molar-refractivity contribution in [3.05, 3.63) is 51.2 Å². The minimum Gasteiger partial charge on any atom is -0.313 e. The van der Waals surface area contributed by atoms with Crippen molar-refractivity contribution in [3.63, 3.8) is 0 Å². The fourth-order valence-electron chi connectivity index (χ4n) is 2.07. The Hall–Kier alpha value is -1.26. The van der Waals surface area contributed by atoms with Gasteiger partial charge in [-0.2, -0.15) is 0 Å². The molecule has 0 aliphatic heterocycles. The molecule has 0 fully saturated rings. The second-order valence-electron chi connectivity index (χ2n) is 4.40. The van der Waals surface area contributed by atoms with E-state index in [1.165, 1.54) is 6.07 Å². The van der Waals surface area contributed by atoms with Crippen molar-refractivity contribution in [3.8, 4) is 0 Å². The Morgan fingerprint density at radius 1 is 1.39 bits per heavy atom. The molecule has 0 saturated carbocycles. The second kappa shape index (κ2) is 5.59. The molecule has 1 aromatic carbocycles. The maximum atomic E-state index is 13.3. The largest absolute Gasteiger partial charge is 0.313 e. The SMILES string of the molecule is CNC(Cc1csc(C)n1)c1cc(F)ccc1C. The van der Waals surface area contributed by atoms with Gasteiger partial charge in [0.2, 0.25) is 0 Å². The number of nitrogens with zero attached hydrogens (tertiary/aromatic N) is 1. The van der Waals surface area contributed by atoms with Gasteiger partial charge in [0.05, 0.1) is 10.7 Å². The average Bonchev–Trinajstić information content (AvgIpc) is 2.75. The number of nitrogens with one attached hydrogen (secondary N) is 1. The molecule has 0 bridgehead atoms. The first-order valence-corrected chi connectivity index (χ1v) is 6.82. The van der Waals surface area contributed by atoms with Crippen molar-refractivity contribution in [2.75, 3.05) is 7.05 Å². The van der Waals surface area contributed by atoms with E-state index in [0.29, 0.717) is 0 Å². The number of rotatable bonds is 4. The van der Waals surface area contributed by atoms with Crippen LogP contribution in [0.2, 0.25) is 0 Å². The summed E-state index contributed by atoms with van der Waals surface area (Å²) in [7, 11) is 1.90. The molecule has 2 nitrogen and oxygen atoms in total. The summed E-state index contributed by atoms with van der Waals surface area (Å²) in [6, 6.07) is 5.03. The Bertz CT molecular complexity index is 536. The third-order valence-electron chi connectivity index (χ3n) is 3.04. The van der Waals surface area contributed by atoms with Gasteiger partial charge in [0, 0.05) is 17.8 Å². The van der Waals surface area contributed by atoms with E-state index in [0.717, 1.165) is 28.2 Å². The van der Waals surface area contributed by atoms with Gasteiger partial charge in [-0.05, 0) is 44.2 Å². The smallest absolute Gasteiger partial charge is 0.123 e. The molecule has 18 heavy (non-hydrogen) atoms. The highest BCUT2D eigenvalue weighted by Crippen LogP contribution is 2.23. The van der Waals surface area contributed by atoms with Gasteiger partial charge in [-0.3, -0.25) is 0 Å². The molecule has 1 heterocycles. The van der Waals surface area contributed by atoms with Crippen molar-refractivity contribution >= 4 is 11.3 Å². The van der Waals surface area contributed by atoms with E-state index in [1.807, 2.05) is 27.0 Å². The number of thiazole rings is 1. The second-order valence-corrected chi connectivity index (χ2v) is 5.47. The van der Waals surface area contributed by atoms with Gasteiger partial charge in [-0.25, -0.2) is 9.37 Å². The van der Waals surface area contributed by atoms with Crippen LogP contribution in [0, 0.1) is 19.7 Å². The van der Waals surface area contributed by atoms with Gasteiger partial charge in [0.15, 0.2) is 0 Å². The quantitative estimate of drug-likeness (QED) is 0.915. The lowest BCUT2D eigenvalue weighted by Gasteiger charge is -2.18. The molecule has 0 aliphatic rings. The van der Waals surface area contributed by atoms with Gasteiger partial charge >= 0.3 is 0 Å². The first kappa shape index (κ1) is 13.2. The molecule has 1 atom stereocenters. The van der Waals surface area contributed by atoms with E-state index in [1.54, 1.807) is 17.4 Å². The van der Waals surface area contributed by atoms with Gasteiger partial charge in [0.1, 0.15) is 5.82 Å². The van der Waals surface area contributed by atoms with Gasteiger partial charge < -0.3 is 5.32 Å². The van der Waals surface area contributed by atoms with E-state index in [9.17, 15) is 4.39 Å². The van der Waals surface area contributed by atoms with E-state index >= 15 is 0 Å². The van der Waals surface area contributed by atoms with E-state index < -0.39 is 0 Å². The molecule has 0 spiro atoms. The Morgan fingerprint density at radius 2 is 2.17 bits per heavy atom. The normalized spacial score (nSPS) is 12.7. The average molecular weight is 264 g/mol. The van der Waals surface area contributed by atoms with Crippen LogP contribution in [-0.4, -0.2) is 12.0 Å². The van der Waals surface area contributed by atoms with Crippen LogP contribution in [-0.2, 0) is 6.42 Å². The third-order valence-corrected chi connectivity index (χ3v) is 3.87. The minimum absolute atomic E-state index is 0.0993. The number of halogens is 1. The monoisotopic (exact) mass is 264 g/mol. The van der Waals surface area contributed by atoms with Gasteiger partial charge in [-0.15, -0.1) is 11.3 Å². The number of hydrogen-bond donors (Lipinski definition) is 1. The van der Waals surface area contributed by atoms with Crippen LogP contribution in [0.15, 0.2) is 23.6 Å². The van der Waals surface area contributed by atoms with E-state index in [-0.39, 0.29) is 11.9 Å². The number of likely N-dealkylation sites (N-methyl/N-ethyl adjacent to an activating group) is 1. The third kappa shape index (κ3) is 2.94. The zero-order valence-corrected chi connectivity index (χ0v) is 11.6. The van der Waals surface area contributed by atoms with E-state index in [2.05, 4.69) is 15.7 Å². The van der Waals surface area contributed by atoms with Crippen LogP contribution in [0.5, 0.6) is 0 Å². The Labute approximate surface area is 111 Å². The molecule has 2 aromatic rings. The number of aromatic nitrogens is 1. The first-order chi connectivity index (χ1) is 8.60. The van der Waals surface area contributed by atoms with Crippen LogP contribution < -0.4 is 5.32 Å². The maximum Gasteiger partial charge on any atom is 0.123 e. The number of aryl methyl sites for hydroxylation is 2. The molecule has 0 amide bonds. The van der Waals surface area contributed by atoms with Gasteiger partial charge in [-0.1, -0.05) is 6.07 Å². The predicted molar refractivity (Wildman–Crippen MR) is 73.5 cm³/mol. The molecule has 1 unspecified atom stereocenters. The molecule has 0 radical (unpaired) electrons. The molecule has 4 heteroatoms. The van der Waals surface area contributed by atoms with E-state index in [4.69, 9.17) is 0 Å². The Balaban J connectivity index is 2.25. The topological polar surface area (TPSA) is 24.9 Å². The summed E-state index contributed by atoms with van der Waals surface area (Å²) in [4.78, 5) is 4.46. The highest BCUT2D eigenvalue weighted by molar-refractivity contribution is 7.09. The van der Waals surface area contributed by atoms with Crippen molar-refractivity contribution in [2.45, 2.75) is 26.3 Å². The zero-order chi connectivity index (χ0) is 13.1. The predicted octanol–water partition coefficient (Wildman–Crippen LogP) is 3.40. The van der Waals surface area contributed by atoms with Crippen molar-refractivity contribution in [2.24, 2.45) is 0 Å². The van der Waals surface area contributed by atoms with Crippen LogP contribution in [0.25, 0.3) is 0 Å². The summed E-state index contributed by atoms with van der Waals surface area (Å²) < 4.78 is 13.3. The minimum atomic E-state index is -0.190. The summed E-state index contributed by atoms with van der Waals surface area (Å²) in [5.74, 6) is -0.190. The number of hydrogen-bond acceptors (Lipinski definition) is 3. The lowest BCUT2D eigenvalue weighted by Crippen LogP contribution is -2.20. The molecule has 1 N–H and O–H groups in total. The molecule has 96 valence electrons. The summed E-state index contributed by atoms with van der Waals surface area (Å²) in [5, 5.41) is 6.37. The first-order valence-electron chi connectivity index (χ1n) is 5.94. The molecular weight excluding hydrogens is 247 g/mol. The van der Waals surface area contributed by atoms with Crippen LogP contribution >= 0.6 is 11.3 Å². The fraction of sp³-hybridized carbons (Fsp3) is 0.357. The molecule has 2 rings (SSSR count). The molecular formula is C14H17FN2S. The van der Waals surface area contributed by atoms with Gasteiger partial charge in [0.25, 0.3) is 0 Å². The van der Waals surface area contributed by atoms with Crippen LogP contribution in [0.3, 0.4) is 0 Å². The molecule has 0 aliphatic carbocycles. The molecule has 0 saturated heterocycles. The van der Waals surface area contributed by atoms with Crippen LogP contribution in [0.4, 0.5) is 4.39 Å². The molecule has 1 aromatic heterocycles. The van der Waals surface area contributed by atoms with Crippen LogP contribution in [0.1, 0.15) is 27.9 Å². The fourth-order valence-corrected chi connectivity index (χ4v) is 2.69. The Morgan fingerprint density at radius 3 is 2.78 bits per heavy atom. The maximum absolute atomic E-state index is 13.3. The Kier molecular flexibility index (Phi) is 4.09. The zero-order valence-electron chi connectivity index (χ0n) is 10.8. The lowest BCUT2D eigenvalue weighted by atomic mass is 9.98. The van der Waals surface area contributed by atoms with Crippen molar-refractivity contribution in [1.82, 2.24) is 10.3 Å². The summed E-state index contributed by atoms with van der Waals surface area (Å²) in [6.07, 6.45) is 0.783. The standard InChI is InChI=1S/C14H17FN2S/c1-9-4-5-11(15)6-13(9)14(16-3)7-12-8-18-10(2)17-12/h4-6,8,14,16H,7H2,1-3H3. The van der Waals surface area contributed by atoms with Crippen molar-refractivity contribution < 1.29 is 4.39 Å². The highest BCUT2D eigenvalue weighted by Gasteiger charge is 2.14. The lowest BCUT2D eigenvalue weighted by molar-refractivity contribution is 0.569. The van der Waals surface area contributed by atoms with Crippen molar-refractivity contribution in [1.29, 1.82) is 0 Å². The summed E-state index contributed by atoms with van der Waals surface area (Å²) >= 11 is 1.65. The summed E-state index contributed by atoms with van der Waals surface area (Å²) in [6.45, 7) is 4.00. The highest BCUT2D eigenvalue weighted by atomic mass is 32.1. The number of benzene rings is 1. The summed E-state index contributed by atoms with van der Waals surface area (Å²) in [5.41, 5.74) is 3.16.